The lowest BCUT2D eigenvalue weighted by Gasteiger charge is -2.01. The number of aryl methyl sites for hydroxylation is 1. The maximum Gasteiger partial charge on any atom is 0.338 e. The van der Waals surface area contributed by atoms with E-state index in [9.17, 15) is 4.79 Å². The molecule has 2 aromatic heterocycles. The van der Waals surface area contributed by atoms with Crippen molar-refractivity contribution in [3.8, 4) is 0 Å². The number of pyridine rings is 1. The smallest absolute Gasteiger partial charge is 0.338 e. The van der Waals surface area contributed by atoms with E-state index in [0.29, 0.717) is 6.54 Å². The minimum atomic E-state index is -0.964. The molecular weight excluding hydrogens is 206 g/mol. The molecule has 0 unspecified atom stereocenters. The van der Waals surface area contributed by atoms with Crippen LogP contribution in [0.2, 0.25) is 0 Å². The van der Waals surface area contributed by atoms with E-state index in [1.165, 1.54) is 12.4 Å². The highest BCUT2D eigenvalue weighted by Gasteiger charge is 2.06. The van der Waals surface area contributed by atoms with Crippen LogP contribution < -0.4 is 0 Å². The molecule has 0 saturated carbocycles. The van der Waals surface area contributed by atoms with Crippen LogP contribution in [0.15, 0.2) is 30.9 Å². The lowest BCUT2D eigenvalue weighted by molar-refractivity contribution is 0.0697. The number of hydrogen-bond acceptors (Lipinski definition) is 3. The van der Waals surface area contributed by atoms with Gasteiger partial charge in [0.05, 0.1) is 18.3 Å². The summed E-state index contributed by atoms with van der Waals surface area (Å²) in [6.45, 7) is 2.49. The third-order valence-electron chi connectivity index (χ3n) is 2.16. The van der Waals surface area contributed by atoms with E-state index in [1.807, 2.05) is 13.0 Å². The summed E-state index contributed by atoms with van der Waals surface area (Å²) < 4.78 is 1.58. The van der Waals surface area contributed by atoms with Crippen LogP contribution in [0.4, 0.5) is 0 Å². The molecule has 0 fully saturated rings. The molecule has 0 aromatic carbocycles. The minimum Gasteiger partial charge on any atom is -0.478 e. The monoisotopic (exact) mass is 217 g/mol. The van der Waals surface area contributed by atoms with Crippen LogP contribution in [0.3, 0.4) is 0 Å². The summed E-state index contributed by atoms with van der Waals surface area (Å²) in [7, 11) is 0. The van der Waals surface area contributed by atoms with Gasteiger partial charge in [0.25, 0.3) is 0 Å². The molecule has 0 aliphatic carbocycles. The molecule has 0 radical (unpaired) electrons. The maximum absolute atomic E-state index is 10.7. The van der Waals surface area contributed by atoms with Crippen molar-refractivity contribution in [2.75, 3.05) is 0 Å². The largest absolute Gasteiger partial charge is 0.478 e. The van der Waals surface area contributed by atoms with E-state index < -0.39 is 5.97 Å². The van der Waals surface area contributed by atoms with Crippen LogP contribution in [0.5, 0.6) is 0 Å². The zero-order valence-electron chi connectivity index (χ0n) is 8.79. The fraction of sp³-hybridized carbons (Fsp3) is 0.182. The fourth-order valence-corrected chi connectivity index (χ4v) is 1.45. The lowest BCUT2D eigenvalue weighted by atomic mass is 10.2. The first kappa shape index (κ1) is 10.4. The highest BCUT2D eigenvalue weighted by Crippen LogP contribution is 2.05. The first-order chi connectivity index (χ1) is 7.65. The van der Waals surface area contributed by atoms with Gasteiger partial charge in [0.2, 0.25) is 0 Å². The van der Waals surface area contributed by atoms with Crippen LogP contribution >= 0.6 is 0 Å². The number of hydrogen-bond donors (Lipinski definition) is 1. The number of carbonyl (C=O) groups is 1. The van der Waals surface area contributed by atoms with Crippen molar-refractivity contribution in [2.45, 2.75) is 13.5 Å². The van der Waals surface area contributed by atoms with Crippen molar-refractivity contribution in [1.82, 2.24) is 14.8 Å². The second-order valence-corrected chi connectivity index (χ2v) is 3.60. The van der Waals surface area contributed by atoms with Gasteiger partial charge in [0.15, 0.2) is 0 Å². The molecule has 0 spiro atoms. The second-order valence-electron chi connectivity index (χ2n) is 3.60. The Bertz CT molecular complexity index is 519. The Morgan fingerprint density at radius 1 is 1.44 bits per heavy atom. The third-order valence-corrected chi connectivity index (χ3v) is 2.16. The number of carboxylic acid groups (broad SMARTS) is 1. The molecule has 0 aliphatic rings. The maximum atomic E-state index is 10.7. The third kappa shape index (κ3) is 2.25. The molecule has 82 valence electrons. The Balaban J connectivity index is 2.17. The molecular formula is C11H11N3O2. The minimum absolute atomic E-state index is 0.195. The molecule has 2 rings (SSSR count). The van der Waals surface area contributed by atoms with Gasteiger partial charge in [-0.05, 0) is 18.1 Å². The van der Waals surface area contributed by atoms with Gasteiger partial charge in [0, 0.05) is 18.6 Å². The van der Waals surface area contributed by atoms with Gasteiger partial charge < -0.3 is 5.11 Å². The van der Waals surface area contributed by atoms with Crippen molar-refractivity contribution in [2.24, 2.45) is 0 Å². The number of rotatable bonds is 3. The quantitative estimate of drug-likeness (QED) is 0.842. The van der Waals surface area contributed by atoms with Gasteiger partial charge in [-0.1, -0.05) is 6.07 Å². The first-order valence-corrected chi connectivity index (χ1v) is 4.81. The highest BCUT2D eigenvalue weighted by molar-refractivity contribution is 5.86. The van der Waals surface area contributed by atoms with Gasteiger partial charge >= 0.3 is 5.97 Å². The van der Waals surface area contributed by atoms with Crippen molar-refractivity contribution in [1.29, 1.82) is 0 Å². The number of carboxylic acids is 1. The predicted octanol–water partition coefficient (Wildman–Crippen LogP) is 1.33. The van der Waals surface area contributed by atoms with Crippen molar-refractivity contribution in [3.63, 3.8) is 0 Å². The summed E-state index contributed by atoms with van der Waals surface area (Å²) in [5.41, 5.74) is 2.27. The zero-order chi connectivity index (χ0) is 11.5. The molecule has 2 aromatic rings. The van der Waals surface area contributed by atoms with Gasteiger partial charge in [-0.25, -0.2) is 4.79 Å². The van der Waals surface area contributed by atoms with E-state index in [1.54, 1.807) is 17.1 Å². The number of nitrogens with zero attached hydrogens (tertiary/aromatic N) is 3. The predicted molar refractivity (Wildman–Crippen MR) is 57.3 cm³/mol. The highest BCUT2D eigenvalue weighted by atomic mass is 16.4. The molecule has 0 amide bonds. The average Bonchev–Trinajstić information content (AvgIpc) is 2.66. The fourth-order valence-electron chi connectivity index (χ4n) is 1.45. The molecule has 0 atom stereocenters. The summed E-state index contributed by atoms with van der Waals surface area (Å²) in [5, 5.41) is 12.7. The summed E-state index contributed by atoms with van der Waals surface area (Å²) in [4.78, 5) is 14.7. The van der Waals surface area contributed by atoms with Gasteiger partial charge in [0.1, 0.15) is 0 Å². The van der Waals surface area contributed by atoms with Crippen LogP contribution in [-0.2, 0) is 6.54 Å². The summed E-state index contributed by atoms with van der Waals surface area (Å²) in [5.74, 6) is -0.964. The van der Waals surface area contributed by atoms with Crippen molar-refractivity contribution < 1.29 is 9.90 Å². The van der Waals surface area contributed by atoms with Crippen LogP contribution in [0, 0.1) is 6.92 Å². The van der Waals surface area contributed by atoms with Crippen LogP contribution in [0.25, 0.3) is 0 Å². The number of aromatic nitrogens is 3. The Labute approximate surface area is 92.4 Å². The summed E-state index contributed by atoms with van der Waals surface area (Å²) in [6.07, 6.45) is 6.36. The summed E-state index contributed by atoms with van der Waals surface area (Å²) >= 11 is 0. The van der Waals surface area contributed by atoms with Crippen LogP contribution in [0.1, 0.15) is 21.5 Å². The molecule has 5 nitrogen and oxygen atoms in total. The Morgan fingerprint density at radius 2 is 2.25 bits per heavy atom. The Kier molecular flexibility index (Phi) is 2.68. The van der Waals surface area contributed by atoms with E-state index >= 15 is 0 Å². The molecule has 2 heterocycles. The van der Waals surface area contributed by atoms with E-state index in [0.717, 1.165) is 11.1 Å². The van der Waals surface area contributed by atoms with Gasteiger partial charge in [-0.15, -0.1) is 0 Å². The SMILES string of the molecule is Cc1cncc(Cn2cc(C(=O)O)cn2)c1. The topological polar surface area (TPSA) is 68.0 Å². The number of aromatic carboxylic acids is 1. The Hall–Kier alpha value is -2.17. The zero-order valence-corrected chi connectivity index (χ0v) is 8.79. The van der Waals surface area contributed by atoms with E-state index in [2.05, 4.69) is 10.1 Å². The average molecular weight is 217 g/mol. The van der Waals surface area contributed by atoms with Gasteiger partial charge in [-0.2, -0.15) is 5.10 Å². The molecule has 5 heteroatoms. The van der Waals surface area contributed by atoms with E-state index in [-0.39, 0.29) is 5.56 Å². The van der Waals surface area contributed by atoms with Crippen molar-refractivity contribution >= 4 is 5.97 Å². The molecule has 0 aliphatic heterocycles. The molecule has 0 saturated heterocycles. The standard InChI is InChI=1S/C11H11N3O2/c1-8-2-9(4-12-3-8)6-14-7-10(5-13-14)11(15)16/h2-5,7H,6H2,1H3,(H,15,16). The molecule has 16 heavy (non-hydrogen) atoms. The Morgan fingerprint density at radius 3 is 2.88 bits per heavy atom. The first-order valence-electron chi connectivity index (χ1n) is 4.81. The van der Waals surface area contributed by atoms with Gasteiger partial charge in [-0.3, -0.25) is 9.67 Å². The van der Waals surface area contributed by atoms with E-state index in [4.69, 9.17) is 5.11 Å². The van der Waals surface area contributed by atoms with Crippen LogP contribution in [-0.4, -0.2) is 25.8 Å². The summed E-state index contributed by atoms with van der Waals surface area (Å²) in [6, 6.07) is 2.00. The molecule has 0 bridgehead atoms. The normalized spacial score (nSPS) is 10.3. The molecule has 1 N–H and O–H groups in total. The lowest BCUT2D eigenvalue weighted by Crippen LogP contribution is -2.01. The van der Waals surface area contributed by atoms with Crippen molar-refractivity contribution in [3.05, 3.63) is 47.5 Å². The second kappa shape index (κ2) is 4.14.